The van der Waals surface area contributed by atoms with Gasteiger partial charge in [-0.05, 0) is 0 Å². The molecule has 3 N–H and O–H groups in total. The van der Waals surface area contributed by atoms with Gasteiger partial charge in [0.2, 0.25) is 0 Å². The first-order valence-electron chi connectivity index (χ1n) is 3.89. The van der Waals surface area contributed by atoms with Gasteiger partial charge in [-0.3, -0.25) is 19.7 Å². The number of hydrogen-bond acceptors (Lipinski definition) is 4. The van der Waals surface area contributed by atoms with Crippen LogP contribution in [0.4, 0.5) is 4.79 Å². The fraction of sp³-hybridized carbons (Fsp3) is 0.429. The number of carbonyl (C=O) groups excluding carboxylic acids is 2. The first-order valence-corrected chi connectivity index (χ1v) is 3.89. The molecule has 1 rings (SSSR count). The number of urea groups is 1. The molecule has 1 fully saturated rings. The van der Waals surface area contributed by atoms with Crippen molar-refractivity contribution >= 4 is 23.9 Å². The lowest BCUT2D eigenvalue weighted by Gasteiger charge is -2.19. The molecule has 0 aromatic carbocycles. The third-order valence-corrected chi connectivity index (χ3v) is 2.08. The number of nitrogens with zero attached hydrogens (tertiary/aromatic N) is 1. The van der Waals surface area contributed by atoms with E-state index >= 15 is 0 Å². The van der Waals surface area contributed by atoms with Gasteiger partial charge < -0.3 is 15.1 Å². The fourth-order valence-corrected chi connectivity index (χ4v) is 1.32. The van der Waals surface area contributed by atoms with Crippen LogP contribution in [0, 0.1) is 5.92 Å². The number of carboxylic acids is 2. The molecule has 3 amide bonds. The molecule has 8 heteroatoms. The SMILES string of the molecule is CN1C(=O)NC(=O)C1C(C(=O)O)C(=O)O. The van der Waals surface area contributed by atoms with Crippen molar-refractivity contribution in [3.05, 3.63) is 0 Å². The highest BCUT2D eigenvalue weighted by Gasteiger charge is 2.48. The Kier molecular flexibility index (Phi) is 2.60. The lowest BCUT2D eigenvalue weighted by molar-refractivity contribution is -0.158. The highest BCUT2D eigenvalue weighted by Crippen LogP contribution is 2.16. The van der Waals surface area contributed by atoms with E-state index in [-0.39, 0.29) is 0 Å². The molecule has 0 aromatic rings. The summed E-state index contributed by atoms with van der Waals surface area (Å²) in [5, 5.41) is 19.1. The van der Waals surface area contributed by atoms with E-state index in [2.05, 4.69) is 0 Å². The molecular weight excluding hydrogens is 208 g/mol. The number of carbonyl (C=O) groups is 4. The Labute approximate surface area is 83.5 Å². The third-order valence-electron chi connectivity index (χ3n) is 2.08. The summed E-state index contributed by atoms with van der Waals surface area (Å²) in [6, 6.07) is -2.31. The summed E-state index contributed by atoms with van der Waals surface area (Å²) in [5.74, 6) is -6.20. The average Bonchev–Trinajstić information content (AvgIpc) is 2.31. The van der Waals surface area contributed by atoms with E-state index < -0.39 is 35.8 Å². The topological polar surface area (TPSA) is 124 Å². The van der Waals surface area contributed by atoms with Crippen LogP contribution >= 0.6 is 0 Å². The minimum absolute atomic E-state index is 0.759. The largest absolute Gasteiger partial charge is 0.481 e. The van der Waals surface area contributed by atoms with Gasteiger partial charge in [-0.2, -0.15) is 0 Å². The summed E-state index contributed by atoms with van der Waals surface area (Å²) in [7, 11) is 1.16. The van der Waals surface area contributed by atoms with Gasteiger partial charge in [0.25, 0.3) is 5.91 Å². The molecule has 82 valence electrons. The number of carboxylic acid groups (broad SMARTS) is 2. The maximum atomic E-state index is 11.1. The summed E-state index contributed by atoms with van der Waals surface area (Å²) in [5.41, 5.74) is 0. The van der Waals surface area contributed by atoms with E-state index in [1.165, 1.54) is 0 Å². The van der Waals surface area contributed by atoms with Crippen LogP contribution in [-0.2, 0) is 14.4 Å². The molecule has 0 radical (unpaired) electrons. The predicted molar refractivity (Wildman–Crippen MR) is 43.9 cm³/mol. The van der Waals surface area contributed by atoms with Crippen LogP contribution in [0.25, 0.3) is 0 Å². The van der Waals surface area contributed by atoms with Gasteiger partial charge in [0.05, 0.1) is 0 Å². The zero-order valence-corrected chi connectivity index (χ0v) is 7.63. The van der Waals surface area contributed by atoms with Gasteiger partial charge >= 0.3 is 18.0 Å². The third kappa shape index (κ3) is 1.73. The van der Waals surface area contributed by atoms with Crippen LogP contribution in [0.2, 0.25) is 0 Å². The van der Waals surface area contributed by atoms with E-state index in [1.807, 2.05) is 5.32 Å². The zero-order chi connectivity index (χ0) is 11.7. The average molecular weight is 216 g/mol. The van der Waals surface area contributed by atoms with Crippen molar-refractivity contribution in [3.8, 4) is 0 Å². The van der Waals surface area contributed by atoms with E-state index in [9.17, 15) is 19.2 Å². The molecule has 1 atom stereocenters. The minimum Gasteiger partial charge on any atom is -0.481 e. The van der Waals surface area contributed by atoms with E-state index in [0.717, 1.165) is 11.9 Å². The van der Waals surface area contributed by atoms with Crippen molar-refractivity contribution in [2.75, 3.05) is 7.05 Å². The van der Waals surface area contributed by atoms with Gasteiger partial charge in [0.15, 0.2) is 5.92 Å². The second-order valence-corrected chi connectivity index (χ2v) is 3.00. The second kappa shape index (κ2) is 3.56. The smallest absolute Gasteiger partial charge is 0.324 e. The second-order valence-electron chi connectivity index (χ2n) is 3.00. The monoisotopic (exact) mass is 216 g/mol. The number of aliphatic carboxylic acids is 2. The molecule has 1 aliphatic heterocycles. The Balaban J connectivity index is 3.03. The summed E-state index contributed by atoms with van der Waals surface area (Å²) >= 11 is 0. The number of hydrogen-bond donors (Lipinski definition) is 3. The highest BCUT2D eigenvalue weighted by atomic mass is 16.4. The molecule has 15 heavy (non-hydrogen) atoms. The Morgan fingerprint density at radius 3 is 2.07 bits per heavy atom. The predicted octanol–water partition coefficient (Wildman–Crippen LogP) is -1.68. The van der Waals surface area contributed by atoms with Crippen molar-refractivity contribution in [1.29, 1.82) is 0 Å². The van der Waals surface area contributed by atoms with E-state index in [1.54, 1.807) is 0 Å². The normalized spacial score (nSPS) is 20.7. The molecule has 0 spiro atoms. The lowest BCUT2D eigenvalue weighted by atomic mass is 9.99. The van der Waals surface area contributed by atoms with Crippen LogP contribution < -0.4 is 5.32 Å². The Bertz CT molecular complexity index is 337. The number of rotatable bonds is 3. The number of imide groups is 1. The lowest BCUT2D eigenvalue weighted by Crippen LogP contribution is -2.46. The molecule has 0 aliphatic carbocycles. The number of amides is 3. The van der Waals surface area contributed by atoms with Crippen molar-refractivity contribution in [2.45, 2.75) is 6.04 Å². The highest BCUT2D eigenvalue weighted by molar-refractivity contribution is 6.09. The molecule has 8 nitrogen and oxygen atoms in total. The van der Waals surface area contributed by atoms with Gasteiger partial charge in [0, 0.05) is 7.05 Å². The first kappa shape index (κ1) is 11.0. The minimum atomic E-state index is -1.96. The first-order chi connectivity index (χ1) is 6.86. The van der Waals surface area contributed by atoms with Crippen LogP contribution in [-0.4, -0.2) is 52.1 Å². The molecular formula is C7H8N2O6. The van der Waals surface area contributed by atoms with Crippen molar-refractivity contribution in [1.82, 2.24) is 10.2 Å². The van der Waals surface area contributed by atoms with Gasteiger partial charge in [-0.15, -0.1) is 0 Å². The van der Waals surface area contributed by atoms with Gasteiger partial charge in [0.1, 0.15) is 6.04 Å². The molecule has 1 heterocycles. The molecule has 1 unspecified atom stereocenters. The molecule has 1 saturated heterocycles. The van der Waals surface area contributed by atoms with Crippen molar-refractivity contribution in [3.63, 3.8) is 0 Å². The zero-order valence-electron chi connectivity index (χ0n) is 7.63. The van der Waals surface area contributed by atoms with Crippen LogP contribution in [0.3, 0.4) is 0 Å². The maximum absolute atomic E-state index is 11.1. The van der Waals surface area contributed by atoms with E-state index in [4.69, 9.17) is 10.2 Å². The number of nitrogens with one attached hydrogen (secondary N) is 1. The van der Waals surface area contributed by atoms with Crippen LogP contribution in [0.1, 0.15) is 0 Å². The Morgan fingerprint density at radius 1 is 1.33 bits per heavy atom. The molecule has 0 saturated carbocycles. The summed E-state index contributed by atoms with van der Waals surface area (Å²) in [6.45, 7) is 0. The van der Waals surface area contributed by atoms with Gasteiger partial charge in [-0.25, -0.2) is 4.79 Å². The summed E-state index contributed by atoms with van der Waals surface area (Å²) in [4.78, 5) is 44.1. The van der Waals surface area contributed by atoms with E-state index in [0.29, 0.717) is 0 Å². The van der Waals surface area contributed by atoms with Crippen molar-refractivity contribution < 1.29 is 29.4 Å². The quantitative estimate of drug-likeness (QED) is 0.382. The molecule has 0 aromatic heterocycles. The van der Waals surface area contributed by atoms with Crippen molar-refractivity contribution in [2.24, 2.45) is 5.92 Å². The summed E-state index contributed by atoms with van der Waals surface area (Å²) < 4.78 is 0. The van der Waals surface area contributed by atoms with Crippen LogP contribution in [0.15, 0.2) is 0 Å². The Hall–Kier alpha value is -2.12. The van der Waals surface area contributed by atoms with Crippen LogP contribution in [0.5, 0.6) is 0 Å². The Morgan fingerprint density at radius 2 is 1.80 bits per heavy atom. The maximum Gasteiger partial charge on any atom is 0.324 e. The number of likely N-dealkylation sites (N-methyl/N-ethyl adjacent to an activating group) is 1. The summed E-state index contributed by atoms with van der Waals surface area (Å²) in [6.07, 6.45) is 0. The fourth-order valence-electron chi connectivity index (χ4n) is 1.32. The van der Waals surface area contributed by atoms with Gasteiger partial charge in [-0.1, -0.05) is 0 Å². The standard InChI is InChI=1S/C7H8N2O6/c1-9-3(4(10)8-7(9)15)2(5(11)12)6(13)14/h2-3H,1H3,(H,11,12)(H,13,14)(H,8,10,15). The molecule has 1 aliphatic rings. The molecule has 0 bridgehead atoms.